The SMILES string of the molecule is CCN1c2ccc(/C=C3\C(=O)NC(=O)N(c4cccc(Cl)c4Cl)C3=O)cc2[C@@H](C)CC1(C)C. The van der Waals surface area contributed by atoms with E-state index in [4.69, 9.17) is 23.2 Å². The lowest BCUT2D eigenvalue weighted by Gasteiger charge is -2.47. The van der Waals surface area contributed by atoms with Crippen molar-refractivity contribution in [3.8, 4) is 0 Å². The summed E-state index contributed by atoms with van der Waals surface area (Å²) in [6.45, 7) is 9.68. The Hall–Kier alpha value is -2.83. The normalized spacial score (nSPS) is 21.3. The van der Waals surface area contributed by atoms with E-state index in [0.29, 0.717) is 11.5 Å². The zero-order valence-corrected chi connectivity index (χ0v) is 20.4. The number of hydrogen-bond acceptors (Lipinski definition) is 4. The van der Waals surface area contributed by atoms with Crippen LogP contribution in [0.4, 0.5) is 16.2 Å². The maximum absolute atomic E-state index is 13.2. The number of barbiturate groups is 1. The number of nitrogens with zero attached hydrogens (tertiary/aromatic N) is 2. The Labute approximate surface area is 203 Å². The molecule has 2 aromatic rings. The van der Waals surface area contributed by atoms with Gasteiger partial charge in [0.2, 0.25) is 0 Å². The van der Waals surface area contributed by atoms with E-state index in [1.807, 2.05) is 18.2 Å². The Morgan fingerprint density at radius 2 is 1.85 bits per heavy atom. The van der Waals surface area contributed by atoms with Crippen molar-refractivity contribution in [3.63, 3.8) is 0 Å². The fourth-order valence-electron chi connectivity index (χ4n) is 4.91. The molecule has 2 aromatic carbocycles. The van der Waals surface area contributed by atoms with E-state index in [2.05, 4.69) is 37.9 Å². The van der Waals surface area contributed by atoms with Crippen molar-refractivity contribution in [2.75, 3.05) is 16.3 Å². The number of carbonyl (C=O) groups is 3. The summed E-state index contributed by atoms with van der Waals surface area (Å²) >= 11 is 12.3. The molecule has 0 aliphatic carbocycles. The number of anilines is 2. The van der Waals surface area contributed by atoms with Gasteiger partial charge in [-0.1, -0.05) is 42.3 Å². The second kappa shape index (κ2) is 8.50. The Balaban J connectivity index is 1.75. The summed E-state index contributed by atoms with van der Waals surface area (Å²) in [7, 11) is 0. The number of hydrogen-bond donors (Lipinski definition) is 1. The van der Waals surface area contributed by atoms with Crippen LogP contribution in [0.2, 0.25) is 10.0 Å². The van der Waals surface area contributed by atoms with Crippen LogP contribution in [-0.2, 0) is 9.59 Å². The third kappa shape index (κ3) is 4.02. The van der Waals surface area contributed by atoms with Crippen LogP contribution in [0.15, 0.2) is 42.0 Å². The monoisotopic (exact) mass is 485 g/mol. The molecule has 0 unspecified atom stereocenters. The summed E-state index contributed by atoms with van der Waals surface area (Å²) in [6, 6.07) is 9.69. The highest BCUT2D eigenvalue weighted by Crippen LogP contribution is 2.43. The lowest BCUT2D eigenvalue weighted by Crippen LogP contribution is -2.54. The van der Waals surface area contributed by atoms with Crippen molar-refractivity contribution in [2.24, 2.45) is 0 Å². The maximum Gasteiger partial charge on any atom is 0.336 e. The number of urea groups is 1. The quantitative estimate of drug-likeness (QED) is 0.442. The smallest absolute Gasteiger partial charge is 0.336 e. The van der Waals surface area contributed by atoms with Gasteiger partial charge in [-0.05, 0) is 74.6 Å². The molecule has 8 heteroatoms. The third-order valence-corrected chi connectivity index (χ3v) is 7.12. The van der Waals surface area contributed by atoms with Crippen LogP contribution in [0, 0.1) is 0 Å². The minimum absolute atomic E-state index is 0.0391. The summed E-state index contributed by atoms with van der Waals surface area (Å²) in [5, 5.41) is 2.48. The Kier molecular flexibility index (Phi) is 6.01. The number of rotatable bonds is 3. The first-order chi connectivity index (χ1) is 15.5. The van der Waals surface area contributed by atoms with E-state index >= 15 is 0 Å². The second-order valence-electron chi connectivity index (χ2n) is 9.01. The van der Waals surface area contributed by atoms with Crippen molar-refractivity contribution < 1.29 is 14.4 Å². The van der Waals surface area contributed by atoms with Gasteiger partial charge in [-0.3, -0.25) is 14.9 Å². The van der Waals surface area contributed by atoms with E-state index in [9.17, 15) is 14.4 Å². The number of halogens is 2. The number of imide groups is 2. The molecule has 0 radical (unpaired) electrons. The molecule has 0 spiro atoms. The average Bonchev–Trinajstić information content (AvgIpc) is 2.74. The summed E-state index contributed by atoms with van der Waals surface area (Å²) in [6.07, 6.45) is 2.50. The molecule has 4 amide bonds. The van der Waals surface area contributed by atoms with Gasteiger partial charge in [-0.25, -0.2) is 9.69 Å². The molecule has 2 aliphatic heterocycles. The summed E-state index contributed by atoms with van der Waals surface area (Å²) < 4.78 is 0. The highest BCUT2D eigenvalue weighted by molar-refractivity contribution is 6.46. The molecule has 0 bridgehead atoms. The van der Waals surface area contributed by atoms with Gasteiger partial charge in [-0.2, -0.15) is 0 Å². The average molecular weight is 486 g/mol. The predicted molar refractivity (Wildman–Crippen MR) is 132 cm³/mol. The summed E-state index contributed by atoms with van der Waals surface area (Å²) in [5.74, 6) is -1.19. The number of fused-ring (bicyclic) bond motifs is 1. The number of benzene rings is 2. The van der Waals surface area contributed by atoms with E-state index in [-0.39, 0.29) is 26.8 Å². The molecule has 1 N–H and O–H groups in total. The van der Waals surface area contributed by atoms with Gasteiger partial charge in [0.15, 0.2) is 0 Å². The first-order valence-electron chi connectivity index (χ1n) is 10.8. The first kappa shape index (κ1) is 23.3. The van der Waals surface area contributed by atoms with Gasteiger partial charge in [0.05, 0.1) is 15.7 Å². The van der Waals surface area contributed by atoms with Crippen LogP contribution >= 0.6 is 23.2 Å². The minimum Gasteiger partial charge on any atom is -0.366 e. The van der Waals surface area contributed by atoms with Crippen LogP contribution in [0.3, 0.4) is 0 Å². The molecule has 4 rings (SSSR count). The summed E-state index contributed by atoms with van der Waals surface area (Å²) in [4.78, 5) is 41.5. The Morgan fingerprint density at radius 3 is 2.55 bits per heavy atom. The highest BCUT2D eigenvalue weighted by Gasteiger charge is 2.39. The molecule has 2 aliphatic rings. The van der Waals surface area contributed by atoms with Crippen molar-refractivity contribution in [2.45, 2.75) is 45.6 Å². The molecule has 33 heavy (non-hydrogen) atoms. The molecule has 6 nitrogen and oxygen atoms in total. The molecule has 0 saturated carbocycles. The third-order valence-electron chi connectivity index (χ3n) is 6.31. The second-order valence-corrected chi connectivity index (χ2v) is 9.80. The van der Waals surface area contributed by atoms with E-state index < -0.39 is 17.8 Å². The van der Waals surface area contributed by atoms with Crippen LogP contribution in [0.1, 0.15) is 51.2 Å². The fraction of sp³-hybridized carbons (Fsp3) is 0.320. The topological polar surface area (TPSA) is 69.7 Å². The molecule has 172 valence electrons. The lowest BCUT2D eigenvalue weighted by molar-refractivity contribution is -0.122. The van der Waals surface area contributed by atoms with Crippen LogP contribution in [-0.4, -0.2) is 29.9 Å². The largest absolute Gasteiger partial charge is 0.366 e. The summed E-state index contributed by atoms with van der Waals surface area (Å²) in [5.41, 5.74) is 3.04. The Morgan fingerprint density at radius 1 is 1.12 bits per heavy atom. The van der Waals surface area contributed by atoms with Gasteiger partial charge in [-0.15, -0.1) is 0 Å². The van der Waals surface area contributed by atoms with Crippen LogP contribution in [0.5, 0.6) is 0 Å². The van der Waals surface area contributed by atoms with Crippen molar-refractivity contribution in [1.29, 1.82) is 0 Å². The molecule has 0 aromatic heterocycles. The van der Waals surface area contributed by atoms with Crippen molar-refractivity contribution >= 4 is 58.5 Å². The van der Waals surface area contributed by atoms with Crippen LogP contribution in [0.25, 0.3) is 6.08 Å². The van der Waals surface area contributed by atoms with Crippen LogP contribution < -0.4 is 15.1 Å². The standard InChI is InChI=1S/C25H25Cl2N3O3/c1-5-29-19-10-9-15(11-16(19)14(2)13-25(29,3)4)12-17-22(31)28-24(33)30(23(17)32)20-8-6-7-18(26)21(20)27/h6-12,14H,5,13H2,1-4H3,(H,28,31,33)/b17-12+/t14-/m0/s1. The van der Waals surface area contributed by atoms with Gasteiger partial charge < -0.3 is 4.90 Å². The number of nitrogens with one attached hydrogen (secondary N) is 1. The first-order valence-corrected chi connectivity index (χ1v) is 11.6. The zero-order chi connectivity index (χ0) is 24.1. The fourth-order valence-corrected chi connectivity index (χ4v) is 5.29. The van der Waals surface area contributed by atoms with E-state index in [0.717, 1.165) is 23.6 Å². The number of amides is 4. The molecular formula is C25H25Cl2N3O3. The van der Waals surface area contributed by atoms with Crippen molar-refractivity contribution in [3.05, 3.63) is 63.1 Å². The zero-order valence-electron chi connectivity index (χ0n) is 18.9. The van der Waals surface area contributed by atoms with Gasteiger partial charge in [0.1, 0.15) is 5.57 Å². The lowest BCUT2D eigenvalue weighted by atomic mass is 9.79. The minimum atomic E-state index is -0.869. The maximum atomic E-state index is 13.2. The Bertz CT molecular complexity index is 1210. The van der Waals surface area contributed by atoms with Gasteiger partial charge in [0.25, 0.3) is 11.8 Å². The molecule has 1 atom stereocenters. The number of carbonyl (C=O) groups excluding carboxylic acids is 3. The van der Waals surface area contributed by atoms with Gasteiger partial charge >= 0.3 is 6.03 Å². The van der Waals surface area contributed by atoms with Crippen molar-refractivity contribution in [1.82, 2.24) is 5.32 Å². The molecule has 2 heterocycles. The predicted octanol–water partition coefficient (Wildman–Crippen LogP) is 5.77. The molecule has 1 fully saturated rings. The van der Waals surface area contributed by atoms with Gasteiger partial charge in [0, 0.05) is 17.8 Å². The molecule has 1 saturated heterocycles. The highest BCUT2D eigenvalue weighted by atomic mass is 35.5. The van der Waals surface area contributed by atoms with E-state index in [1.54, 1.807) is 12.1 Å². The van der Waals surface area contributed by atoms with E-state index in [1.165, 1.54) is 17.7 Å². The molecular weight excluding hydrogens is 461 g/mol.